The van der Waals surface area contributed by atoms with Gasteiger partial charge in [0.2, 0.25) is 0 Å². The standard InChI is InChI=1S/C47H32N6/c1-47(2)37-13-5-9-17-41(37)53(42-18-10-6-14-38(42)47)32-26-36-44-43(48-23-24-49-44)35-25-30(27-50-45(35)46(36)51-28-32)29-19-21-31(22-20-29)52-39-15-7-3-11-33(39)34-12-4-8-16-40(34)52/h3-28H,1-2H3. The fourth-order valence-corrected chi connectivity index (χ4v) is 8.62. The summed E-state index contributed by atoms with van der Waals surface area (Å²) < 4.78 is 2.34. The molecule has 0 saturated carbocycles. The van der Waals surface area contributed by atoms with Crippen LogP contribution in [-0.4, -0.2) is 24.5 Å². The Morgan fingerprint density at radius 2 is 0.943 bits per heavy atom. The Kier molecular flexibility index (Phi) is 6.20. The van der Waals surface area contributed by atoms with Crippen LogP contribution < -0.4 is 4.90 Å². The average Bonchev–Trinajstić information content (AvgIpc) is 3.55. The van der Waals surface area contributed by atoms with Crippen molar-refractivity contribution in [3.8, 4) is 16.8 Å². The van der Waals surface area contributed by atoms with Crippen LogP contribution in [0.5, 0.6) is 0 Å². The number of nitrogens with zero attached hydrogens (tertiary/aromatic N) is 6. The minimum Gasteiger partial charge on any atom is -0.309 e. The van der Waals surface area contributed by atoms with E-state index in [0.29, 0.717) is 0 Å². The summed E-state index contributed by atoms with van der Waals surface area (Å²) in [6.45, 7) is 4.60. The Bertz CT molecular complexity index is 2980. The number of rotatable bonds is 3. The van der Waals surface area contributed by atoms with E-state index in [-0.39, 0.29) is 5.41 Å². The molecule has 0 unspecified atom stereocenters. The van der Waals surface area contributed by atoms with Gasteiger partial charge in [0.1, 0.15) is 0 Å². The van der Waals surface area contributed by atoms with E-state index >= 15 is 0 Å². The molecule has 0 saturated heterocycles. The molecule has 53 heavy (non-hydrogen) atoms. The molecule has 250 valence electrons. The number of fused-ring (bicyclic) bond motifs is 11. The number of hydrogen-bond donors (Lipinski definition) is 0. The molecule has 4 aromatic heterocycles. The number of para-hydroxylation sites is 4. The van der Waals surface area contributed by atoms with Crippen molar-refractivity contribution in [1.29, 1.82) is 0 Å². The second-order valence-electron chi connectivity index (χ2n) is 14.4. The summed E-state index contributed by atoms with van der Waals surface area (Å²) >= 11 is 0. The lowest BCUT2D eigenvalue weighted by Crippen LogP contribution is -2.30. The molecule has 0 atom stereocenters. The van der Waals surface area contributed by atoms with Gasteiger partial charge in [0.05, 0.1) is 56.4 Å². The first-order valence-electron chi connectivity index (χ1n) is 18.0. The van der Waals surface area contributed by atoms with Gasteiger partial charge in [-0.1, -0.05) is 98.8 Å². The Hall–Kier alpha value is -6.92. The van der Waals surface area contributed by atoms with Crippen molar-refractivity contribution in [1.82, 2.24) is 24.5 Å². The van der Waals surface area contributed by atoms with Gasteiger partial charge in [-0.25, -0.2) is 0 Å². The average molecular weight is 681 g/mol. The quantitative estimate of drug-likeness (QED) is 0.174. The van der Waals surface area contributed by atoms with Crippen LogP contribution in [0.15, 0.2) is 158 Å². The Morgan fingerprint density at radius 3 is 1.57 bits per heavy atom. The molecule has 0 spiro atoms. The topological polar surface area (TPSA) is 59.7 Å². The zero-order valence-corrected chi connectivity index (χ0v) is 29.2. The van der Waals surface area contributed by atoms with E-state index in [9.17, 15) is 0 Å². The van der Waals surface area contributed by atoms with E-state index in [1.807, 2.05) is 12.4 Å². The molecule has 11 rings (SSSR count). The summed E-state index contributed by atoms with van der Waals surface area (Å²) in [6, 6.07) is 47.7. The smallest absolute Gasteiger partial charge is 0.0989 e. The summed E-state index contributed by atoms with van der Waals surface area (Å²) in [6.07, 6.45) is 7.45. The van der Waals surface area contributed by atoms with E-state index in [4.69, 9.17) is 19.9 Å². The zero-order chi connectivity index (χ0) is 35.3. The van der Waals surface area contributed by atoms with Crippen LogP contribution in [0.1, 0.15) is 25.0 Å². The van der Waals surface area contributed by atoms with Crippen molar-refractivity contribution in [2.45, 2.75) is 19.3 Å². The predicted octanol–water partition coefficient (Wildman–Crippen LogP) is 11.6. The number of anilines is 3. The van der Waals surface area contributed by atoms with Crippen molar-refractivity contribution in [3.05, 3.63) is 169 Å². The third-order valence-corrected chi connectivity index (χ3v) is 11.1. The molecule has 0 N–H and O–H groups in total. The van der Waals surface area contributed by atoms with Gasteiger partial charge in [-0.2, -0.15) is 0 Å². The maximum Gasteiger partial charge on any atom is 0.0989 e. The molecule has 6 heteroatoms. The Morgan fingerprint density at radius 1 is 0.434 bits per heavy atom. The van der Waals surface area contributed by atoms with E-state index in [1.165, 1.54) is 32.9 Å². The summed E-state index contributed by atoms with van der Waals surface area (Å²) in [5.74, 6) is 0. The van der Waals surface area contributed by atoms with E-state index < -0.39 is 0 Å². The zero-order valence-electron chi connectivity index (χ0n) is 29.2. The third-order valence-electron chi connectivity index (χ3n) is 11.1. The van der Waals surface area contributed by atoms with Crippen LogP contribution in [-0.2, 0) is 5.41 Å². The maximum atomic E-state index is 5.13. The van der Waals surface area contributed by atoms with Gasteiger partial charge >= 0.3 is 0 Å². The van der Waals surface area contributed by atoms with Crippen LogP contribution in [0.4, 0.5) is 17.1 Å². The van der Waals surface area contributed by atoms with Crippen LogP contribution in [0.3, 0.4) is 0 Å². The summed E-state index contributed by atoms with van der Waals surface area (Å²) in [5, 5.41) is 4.36. The highest BCUT2D eigenvalue weighted by Gasteiger charge is 2.36. The van der Waals surface area contributed by atoms with Crippen molar-refractivity contribution < 1.29 is 0 Å². The fraction of sp³-hybridized carbons (Fsp3) is 0.0638. The normalized spacial score (nSPS) is 13.6. The minimum atomic E-state index is -0.144. The number of aromatic nitrogens is 5. The van der Waals surface area contributed by atoms with Gasteiger partial charge in [-0.05, 0) is 65.2 Å². The van der Waals surface area contributed by atoms with Gasteiger partial charge in [-0.3, -0.25) is 19.9 Å². The van der Waals surface area contributed by atoms with E-state index in [2.05, 4.69) is 157 Å². The van der Waals surface area contributed by atoms with Crippen LogP contribution in [0.2, 0.25) is 0 Å². The van der Waals surface area contributed by atoms with Gasteiger partial charge in [0, 0.05) is 56.8 Å². The highest BCUT2D eigenvalue weighted by atomic mass is 15.2. The number of pyridine rings is 2. The third kappa shape index (κ3) is 4.26. The first-order valence-corrected chi connectivity index (χ1v) is 18.0. The van der Waals surface area contributed by atoms with Crippen LogP contribution in [0.25, 0.3) is 71.5 Å². The second-order valence-corrected chi connectivity index (χ2v) is 14.4. The predicted molar refractivity (Wildman–Crippen MR) is 217 cm³/mol. The number of hydrogen-bond acceptors (Lipinski definition) is 5. The van der Waals surface area contributed by atoms with Crippen LogP contribution >= 0.6 is 0 Å². The Labute approximate surface area is 305 Å². The molecular formula is C47H32N6. The van der Waals surface area contributed by atoms with Gasteiger partial charge in [0.25, 0.3) is 0 Å². The summed E-state index contributed by atoms with van der Waals surface area (Å²) in [5.41, 5.74) is 14.5. The summed E-state index contributed by atoms with van der Waals surface area (Å²) in [7, 11) is 0. The monoisotopic (exact) mass is 680 g/mol. The lowest BCUT2D eigenvalue weighted by atomic mass is 9.73. The van der Waals surface area contributed by atoms with Crippen molar-refractivity contribution in [2.24, 2.45) is 0 Å². The Balaban J connectivity index is 1.05. The molecule has 5 heterocycles. The van der Waals surface area contributed by atoms with Gasteiger partial charge in [0.15, 0.2) is 0 Å². The molecule has 6 nitrogen and oxygen atoms in total. The SMILES string of the molecule is CC1(C)c2ccccc2N(c2cnc3c(c2)c2nccnc2c2cc(-c4ccc(-n5c6ccccc6c6ccccc65)cc4)cnc23)c2ccccc21. The molecule has 0 bridgehead atoms. The fourth-order valence-electron chi connectivity index (χ4n) is 8.62. The van der Waals surface area contributed by atoms with E-state index in [0.717, 1.165) is 66.7 Å². The molecule has 0 fully saturated rings. The lowest BCUT2D eigenvalue weighted by molar-refractivity contribution is 0.632. The highest BCUT2D eigenvalue weighted by Crippen LogP contribution is 2.52. The van der Waals surface area contributed by atoms with Crippen molar-refractivity contribution in [3.63, 3.8) is 0 Å². The molecular weight excluding hydrogens is 649 g/mol. The molecule has 0 radical (unpaired) electrons. The molecule has 10 aromatic rings. The largest absolute Gasteiger partial charge is 0.309 e. The highest BCUT2D eigenvalue weighted by molar-refractivity contribution is 6.21. The van der Waals surface area contributed by atoms with Gasteiger partial charge < -0.3 is 9.47 Å². The van der Waals surface area contributed by atoms with Crippen molar-refractivity contribution >= 4 is 71.7 Å². The molecule has 1 aliphatic heterocycles. The first kappa shape index (κ1) is 29.8. The first-order chi connectivity index (χ1) is 26.1. The minimum absolute atomic E-state index is 0.144. The molecule has 0 aliphatic carbocycles. The maximum absolute atomic E-state index is 5.13. The van der Waals surface area contributed by atoms with Crippen LogP contribution in [0, 0.1) is 0 Å². The lowest BCUT2D eigenvalue weighted by Gasteiger charge is -2.41. The second kappa shape index (κ2) is 11.0. The molecule has 0 amide bonds. The van der Waals surface area contributed by atoms with Gasteiger partial charge in [-0.15, -0.1) is 0 Å². The van der Waals surface area contributed by atoms with Crippen molar-refractivity contribution in [2.75, 3.05) is 4.90 Å². The molecule has 1 aliphatic rings. The summed E-state index contributed by atoms with van der Waals surface area (Å²) in [4.78, 5) is 22.3. The molecule has 6 aromatic carbocycles. The number of benzene rings is 6. The van der Waals surface area contributed by atoms with E-state index in [1.54, 1.807) is 12.4 Å².